The van der Waals surface area contributed by atoms with Crippen LogP contribution in [-0.2, 0) is 17.9 Å². The van der Waals surface area contributed by atoms with Crippen LogP contribution in [0.3, 0.4) is 0 Å². The molecular formula is C30H24INO4S. The van der Waals surface area contributed by atoms with Gasteiger partial charge in [-0.1, -0.05) is 72.3 Å². The van der Waals surface area contributed by atoms with E-state index >= 15 is 0 Å². The third-order valence-corrected chi connectivity index (χ3v) is 7.84. The van der Waals surface area contributed by atoms with Gasteiger partial charge in [0.1, 0.15) is 6.61 Å². The summed E-state index contributed by atoms with van der Waals surface area (Å²) in [5.41, 5.74) is 3.96. The van der Waals surface area contributed by atoms with E-state index in [1.165, 1.54) is 10.5 Å². The molecule has 1 heterocycles. The molecule has 0 aliphatic carbocycles. The van der Waals surface area contributed by atoms with E-state index in [0.29, 0.717) is 23.0 Å². The quantitative estimate of drug-likeness (QED) is 0.157. The summed E-state index contributed by atoms with van der Waals surface area (Å²) in [7, 11) is 1.59. The van der Waals surface area contributed by atoms with Crippen LogP contribution in [0.4, 0.5) is 4.79 Å². The monoisotopic (exact) mass is 621 g/mol. The third-order valence-electron chi connectivity index (χ3n) is 6.14. The molecule has 0 unspecified atom stereocenters. The van der Waals surface area contributed by atoms with Crippen molar-refractivity contribution in [1.29, 1.82) is 0 Å². The number of fused-ring (bicyclic) bond motifs is 1. The first-order chi connectivity index (χ1) is 17.9. The maximum atomic E-state index is 13.2. The summed E-state index contributed by atoms with van der Waals surface area (Å²) in [6.07, 6.45) is 1.74. The molecule has 37 heavy (non-hydrogen) atoms. The minimum absolute atomic E-state index is 0.232. The zero-order chi connectivity index (χ0) is 25.9. The zero-order valence-electron chi connectivity index (χ0n) is 20.4. The number of nitrogens with zero attached hydrogens (tertiary/aromatic N) is 1. The number of hydrogen-bond acceptors (Lipinski definition) is 5. The summed E-state index contributed by atoms with van der Waals surface area (Å²) in [6, 6.07) is 25.8. The summed E-state index contributed by atoms with van der Waals surface area (Å²) in [5, 5.41) is 1.84. The number of amides is 2. The van der Waals surface area contributed by atoms with Crippen molar-refractivity contribution >= 4 is 62.3 Å². The molecular weight excluding hydrogens is 597 g/mol. The number of benzene rings is 4. The lowest BCUT2D eigenvalue weighted by atomic mass is 10.0. The highest BCUT2D eigenvalue weighted by atomic mass is 127. The van der Waals surface area contributed by atoms with E-state index in [1.54, 1.807) is 13.2 Å². The normalized spacial score (nSPS) is 14.6. The Morgan fingerprint density at radius 1 is 0.973 bits per heavy atom. The van der Waals surface area contributed by atoms with Crippen molar-refractivity contribution in [2.45, 2.75) is 20.1 Å². The first-order valence-corrected chi connectivity index (χ1v) is 13.6. The summed E-state index contributed by atoms with van der Waals surface area (Å²) in [5.74, 6) is 0.918. The van der Waals surface area contributed by atoms with E-state index in [1.807, 2.05) is 73.7 Å². The van der Waals surface area contributed by atoms with Crippen LogP contribution in [-0.4, -0.2) is 23.2 Å². The predicted octanol–water partition coefficient (Wildman–Crippen LogP) is 7.58. The smallest absolute Gasteiger partial charge is 0.293 e. The van der Waals surface area contributed by atoms with Gasteiger partial charge in [-0.3, -0.25) is 14.5 Å². The number of aryl methyl sites for hydroxylation is 1. The molecule has 186 valence electrons. The number of ether oxygens (including phenoxy) is 2. The Bertz CT molecular complexity index is 1530. The number of rotatable bonds is 7. The van der Waals surface area contributed by atoms with E-state index in [0.717, 1.165) is 42.8 Å². The minimum Gasteiger partial charge on any atom is -0.493 e. The maximum Gasteiger partial charge on any atom is 0.293 e. The van der Waals surface area contributed by atoms with Gasteiger partial charge in [-0.05, 0) is 86.9 Å². The summed E-state index contributed by atoms with van der Waals surface area (Å²) in [4.78, 5) is 27.7. The van der Waals surface area contributed by atoms with Gasteiger partial charge < -0.3 is 9.47 Å². The SMILES string of the molecule is COc1cc(/C=C2/SC(=O)N(Cc3cccc4ccccc34)C2=O)cc(I)c1OCc1ccc(C)cc1. The van der Waals surface area contributed by atoms with Gasteiger partial charge in [0.05, 0.1) is 22.1 Å². The Morgan fingerprint density at radius 2 is 1.73 bits per heavy atom. The second-order valence-electron chi connectivity index (χ2n) is 8.71. The van der Waals surface area contributed by atoms with Crippen LogP contribution in [0.5, 0.6) is 11.5 Å². The second kappa shape index (κ2) is 11.0. The molecule has 4 aromatic rings. The van der Waals surface area contributed by atoms with Crippen molar-refractivity contribution < 1.29 is 19.1 Å². The lowest BCUT2D eigenvalue weighted by molar-refractivity contribution is -0.123. The average Bonchev–Trinajstić information content (AvgIpc) is 3.16. The molecule has 0 radical (unpaired) electrons. The minimum atomic E-state index is -0.295. The highest BCUT2D eigenvalue weighted by molar-refractivity contribution is 14.1. The first-order valence-electron chi connectivity index (χ1n) is 11.7. The van der Waals surface area contributed by atoms with Crippen molar-refractivity contribution in [3.05, 3.63) is 110 Å². The molecule has 7 heteroatoms. The van der Waals surface area contributed by atoms with Crippen LogP contribution in [0.1, 0.15) is 22.3 Å². The molecule has 1 aliphatic heterocycles. The number of hydrogen-bond donors (Lipinski definition) is 0. The Hall–Kier alpha value is -3.30. The predicted molar refractivity (Wildman–Crippen MR) is 157 cm³/mol. The third kappa shape index (κ3) is 5.52. The molecule has 2 amide bonds. The molecule has 1 saturated heterocycles. The van der Waals surface area contributed by atoms with Crippen molar-refractivity contribution in [3.63, 3.8) is 0 Å². The molecule has 5 nitrogen and oxygen atoms in total. The fourth-order valence-corrected chi connectivity index (χ4v) is 5.81. The molecule has 0 aromatic heterocycles. The number of halogens is 1. The van der Waals surface area contributed by atoms with Gasteiger partial charge >= 0.3 is 0 Å². The standard InChI is InChI=1S/C30H24INO4S/c1-19-10-12-20(13-11-19)18-36-28-25(31)14-21(15-26(28)35-2)16-27-29(33)32(30(34)37-27)17-23-8-5-7-22-6-3-4-9-24(22)23/h3-16H,17-18H2,1-2H3/b27-16+. The van der Waals surface area contributed by atoms with Gasteiger partial charge in [-0.25, -0.2) is 0 Å². The van der Waals surface area contributed by atoms with Crippen molar-refractivity contribution in [3.8, 4) is 11.5 Å². The first kappa shape index (κ1) is 25.4. The van der Waals surface area contributed by atoms with Gasteiger partial charge in [0.25, 0.3) is 11.1 Å². The molecule has 0 N–H and O–H groups in total. The number of imide groups is 1. The topological polar surface area (TPSA) is 55.8 Å². The van der Waals surface area contributed by atoms with Crippen molar-refractivity contribution in [2.75, 3.05) is 7.11 Å². The number of carbonyl (C=O) groups is 2. The van der Waals surface area contributed by atoms with Gasteiger partial charge in [0.2, 0.25) is 0 Å². The van der Waals surface area contributed by atoms with Crippen LogP contribution in [0.15, 0.2) is 83.8 Å². The number of carbonyl (C=O) groups excluding carboxylic acids is 2. The molecule has 0 saturated carbocycles. The Kier molecular flexibility index (Phi) is 7.53. The lowest BCUT2D eigenvalue weighted by Gasteiger charge is -2.15. The van der Waals surface area contributed by atoms with Crippen molar-refractivity contribution in [1.82, 2.24) is 4.90 Å². The van der Waals surface area contributed by atoms with E-state index in [2.05, 4.69) is 34.7 Å². The van der Waals surface area contributed by atoms with Gasteiger partial charge in [0, 0.05) is 0 Å². The fraction of sp³-hybridized carbons (Fsp3) is 0.133. The highest BCUT2D eigenvalue weighted by Crippen LogP contribution is 2.38. The highest BCUT2D eigenvalue weighted by Gasteiger charge is 2.35. The molecule has 0 atom stereocenters. The van der Waals surface area contributed by atoms with Crippen LogP contribution >= 0.6 is 34.4 Å². The van der Waals surface area contributed by atoms with Crippen LogP contribution in [0.2, 0.25) is 0 Å². The molecule has 1 aliphatic rings. The average molecular weight is 621 g/mol. The molecule has 0 bridgehead atoms. The summed E-state index contributed by atoms with van der Waals surface area (Å²) >= 11 is 3.16. The van der Waals surface area contributed by atoms with E-state index < -0.39 is 0 Å². The zero-order valence-corrected chi connectivity index (χ0v) is 23.3. The number of thioether (sulfide) groups is 1. The molecule has 4 aromatic carbocycles. The second-order valence-corrected chi connectivity index (χ2v) is 10.9. The van der Waals surface area contributed by atoms with E-state index in [4.69, 9.17) is 9.47 Å². The molecule has 1 fully saturated rings. The largest absolute Gasteiger partial charge is 0.493 e. The molecule has 0 spiro atoms. The van der Waals surface area contributed by atoms with Crippen LogP contribution in [0, 0.1) is 10.5 Å². The maximum absolute atomic E-state index is 13.2. The number of methoxy groups -OCH3 is 1. The molecule has 5 rings (SSSR count). The van der Waals surface area contributed by atoms with Gasteiger partial charge in [-0.2, -0.15) is 0 Å². The summed E-state index contributed by atoms with van der Waals surface area (Å²) < 4.78 is 12.5. The van der Waals surface area contributed by atoms with Crippen molar-refractivity contribution in [2.24, 2.45) is 0 Å². The lowest BCUT2D eigenvalue weighted by Crippen LogP contribution is -2.27. The summed E-state index contributed by atoms with van der Waals surface area (Å²) in [6.45, 7) is 2.70. The Morgan fingerprint density at radius 3 is 2.51 bits per heavy atom. The van der Waals surface area contributed by atoms with Gasteiger partial charge in [-0.15, -0.1) is 0 Å². The fourth-order valence-electron chi connectivity index (χ4n) is 4.19. The van der Waals surface area contributed by atoms with Crippen LogP contribution in [0.25, 0.3) is 16.8 Å². The van der Waals surface area contributed by atoms with Crippen LogP contribution < -0.4 is 9.47 Å². The van der Waals surface area contributed by atoms with E-state index in [-0.39, 0.29) is 17.7 Å². The van der Waals surface area contributed by atoms with Gasteiger partial charge in [0.15, 0.2) is 11.5 Å². The Balaban J connectivity index is 1.36. The Labute approximate surface area is 233 Å². The van der Waals surface area contributed by atoms with E-state index in [9.17, 15) is 9.59 Å².